The van der Waals surface area contributed by atoms with E-state index in [1.54, 1.807) is 0 Å². The molecule has 3 heteroatoms. The molecule has 0 fully saturated rings. The van der Waals surface area contributed by atoms with Crippen molar-refractivity contribution in [2.45, 2.75) is 46.1 Å². The molecule has 0 bridgehead atoms. The quantitative estimate of drug-likeness (QED) is 0.681. The maximum Gasteiger partial charge on any atom is 0.305 e. The van der Waals surface area contributed by atoms with Crippen LogP contribution in [-0.2, 0) is 9.53 Å². The van der Waals surface area contributed by atoms with E-state index in [1.807, 2.05) is 0 Å². The monoisotopic (exact) mass is 187 g/mol. The summed E-state index contributed by atoms with van der Waals surface area (Å²) in [5.41, 5.74) is 6.09. The Morgan fingerprint density at radius 1 is 1.46 bits per heavy atom. The number of ether oxygens (including phenoxy) is 1. The molecule has 0 amide bonds. The Hall–Kier alpha value is -0.570. The fourth-order valence-corrected chi connectivity index (χ4v) is 1.29. The Kier molecular flexibility index (Phi) is 4.99. The van der Waals surface area contributed by atoms with E-state index in [0.717, 1.165) is 6.42 Å². The topological polar surface area (TPSA) is 52.3 Å². The van der Waals surface area contributed by atoms with Crippen molar-refractivity contribution < 1.29 is 9.53 Å². The van der Waals surface area contributed by atoms with E-state index in [-0.39, 0.29) is 17.4 Å². The van der Waals surface area contributed by atoms with Crippen LogP contribution in [0.3, 0.4) is 0 Å². The molecule has 3 nitrogen and oxygen atoms in total. The van der Waals surface area contributed by atoms with Crippen LogP contribution in [0.5, 0.6) is 0 Å². The molecule has 0 saturated carbocycles. The van der Waals surface area contributed by atoms with Gasteiger partial charge in [0.25, 0.3) is 0 Å². The van der Waals surface area contributed by atoms with Crippen molar-refractivity contribution in [3.63, 3.8) is 0 Å². The number of carbonyl (C=O) groups is 1. The van der Waals surface area contributed by atoms with Crippen LogP contribution in [0.2, 0.25) is 0 Å². The van der Waals surface area contributed by atoms with Gasteiger partial charge in [-0.05, 0) is 18.3 Å². The van der Waals surface area contributed by atoms with Gasteiger partial charge in [0.15, 0.2) is 0 Å². The highest BCUT2D eigenvalue weighted by Crippen LogP contribution is 2.21. The van der Waals surface area contributed by atoms with Crippen molar-refractivity contribution in [3.8, 4) is 0 Å². The molecular formula is C10H21NO2. The highest BCUT2D eigenvalue weighted by atomic mass is 16.5. The molecule has 13 heavy (non-hydrogen) atoms. The fourth-order valence-electron chi connectivity index (χ4n) is 1.29. The number of methoxy groups -OCH3 is 1. The van der Waals surface area contributed by atoms with Crippen molar-refractivity contribution in [2.24, 2.45) is 11.1 Å². The number of hydrogen-bond donors (Lipinski definition) is 1. The van der Waals surface area contributed by atoms with Crippen LogP contribution in [0.1, 0.15) is 40.0 Å². The lowest BCUT2D eigenvalue weighted by Gasteiger charge is -2.22. The van der Waals surface area contributed by atoms with Gasteiger partial charge in [0.05, 0.1) is 7.11 Å². The summed E-state index contributed by atoms with van der Waals surface area (Å²) < 4.78 is 4.54. The number of nitrogens with two attached hydrogens (primary N) is 1. The predicted octanol–water partition coefficient (Wildman–Crippen LogP) is 1.70. The highest BCUT2D eigenvalue weighted by molar-refractivity contribution is 5.69. The minimum Gasteiger partial charge on any atom is -0.469 e. The highest BCUT2D eigenvalue weighted by Gasteiger charge is 2.16. The van der Waals surface area contributed by atoms with Gasteiger partial charge < -0.3 is 10.5 Å². The summed E-state index contributed by atoms with van der Waals surface area (Å²) in [4.78, 5) is 10.8. The summed E-state index contributed by atoms with van der Waals surface area (Å²) in [6.45, 7) is 6.43. The Bertz CT molecular complexity index is 161. The third kappa shape index (κ3) is 7.78. The molecule has 0 heterocycles. The van der Waals surface area contributed by atoms with Crippen molar-refractivity contribution in [1.29, 1.82) is 0 Å². The summed E-state index contributed by atoms with van der Waals surface area (Å²) in [7, 11) is 1.40. The van der Waals surface area contributed by atoms with Gasteiger partial charge in [0.2, 0.25) is 0 Å². The Balaban J connectivity index is 3.63. The van der Waals surface area contributed by atoms with Gasteiger partial charge in [0.1, 0.15) is 0 Å². The molecule has 0 rings (SSSR count). The molecule has 0 aliphatic heterocycles. The minimum absolute atomic E-state index is 0.0964. The number of carbonyl (C=O) groups excluding carboxylic acids is 1. The first-order valence-electron chi connectivity index (χ1n) is 4.67. The first-order valence-corrected chi connectivity index (χ1v) is 4.67. The standard InChI is InChI=1S/C10H21NO2/c1-10(2,3)7-8(11)5-6-9(12)13-4/h8H,5-7,11H2,1-4H3. The lowest BCUT2D eigenvalue weighted by atomic mass is 9.87. The second kappa shape index (κ2) is 5.22. The van der Waals surface area contributed by atoms with E-state index in [4.69, 9.17) is 5.73 Å². The van der Waals surface area contributed by atoms with E-state index in [1.165, 1.54) is 7.11 Å². The molecular weight excluding hydrogens is 166 g/mol. The molecule has 0 saturated heterocycles. The molecule has 0 aromatic heterocycles. The van der Waals surface area contributed by atoms with Crippen LogP contribution >= 0.6 is 0 Å². The molecule has 0 aliphatic rings. The second-order valence-corrected chi connectivity index (χ2v) is 4.64. The zero-order valence-electron chi connectivity index (χ0n) is 9.09. The summed E-state index contributed by atoms with van der Waals surface area (Å²) in [6.07, 6.45) is 2.07. The minimum atomic E-state index is -0.177. The third-order valence-electron chi connectivity index (χ3n) is 1.82. The van der Waals surface area contributed by atoms with Gasteiger partial charge in [0, 0.05) is 12.5 Å². The van der Waals surface area contributed by atoms with E-state index in [0.29, 0.717) is 12.8 Å². The maximum absolute atomic E-state index is 10.8. The average molecular weight is 187 g/mol. The van der Waals surface area contributed by atoms with Crippen LogP contribution in [0.15, 0.2) is 0 Å². The van der Waals surface area contributed by atoms with Crippen LogP contribution in [-0.4, -0.2) is 19.1 Å². The summed E-state index contributed by atoms with van der Waals surface area (Å²) in [5.74, 6) is -0.177. The molecule has 0 aromatic carbocycles. The lowest BCUT2D eigenvalue weighted by Crippen LogP contribution is -2.27. The van der Waals surface area contributed by atoms with Gasteiger partial charge in [-0.15, -0.1) is 0 Å². The lowest BCUT2D eigenvalue weighted by molar-refractivity contribution is -0.140. The van der Waals surface area contributed by atoms with Crippen molar-refractivity contribution >= 4 is 5.97 Å². The number of rotatable bonds is 4. The fraction of sp³-hybridized carbons (Fsp3) is 0.900. The molecule has 2 N–H and O–H groups in total. The van der Waals surface area contributed by atoms with Crippen molar-refractivity contribution in [3.05, 3.63) is 0 Å². The summed E-state index contributed by atoms with van der Waals surface area (Å²) in [5, 5.41) is 0. The van der Waals surface area contributed by atoms with Gasteiger partial charge in [-0.1, -0.05) is 20.8 Å². The molecule has 0 spiro atoms. The number of hydrogen-bond acceptors (Lipinski definition) is 3. The van der Waals surface area contributed by atoms with Gasteiger partial charge in [-0.2, -0.15) is 0 Å². The van der Waals surface area contributed by atoms with Crippen LogP contribution < -0.4 is 5.73 Å². The smallest absolute Gasteiger partial charge is 0.305 e. The van der Waals surface area contributed by atoms with Crippen LogP contribution in [0.25, 0.3) is 0 Å². The summed E-state index contributed by atoms with van der Waals surface area (Å²) >= 11 is 0. The third-order valence-corrected chi connectivity index (χ3v) is 1.82. The van der Waals surface area contributed by atoms with Crippen molar-refractivity contribution in [1.82, 2.24) is 0 Å². The molecule has 0 aliphatic carbocycles. The van der Waals surface area contributed by atoms with Gasteiger partial charge in [-0.3, -0.25) is 4.79 Å². The van der Waals surface area contributed by atoms with Crippen molar-refractivity contribution in [2.75, 3.05) is 7.11 Å². The van der Waals surface area contributed by atoms with Gasteiger partial charge in [-0.25, -0.2) is 0 Å². The van der Waals surface area contributed by atoms with E-state index >= 15 is 0 Å². The van der Waals surface area contributed by atoms with Crippen LogP contribution in [0.4, 0.5) is 0 Å². The molecule has 0 aromatic rings. The zero-order chi connectivity index (χ0) is 10.5. The van der Waals surface area contributed by atoms with Crippen LogP contribution in [0, 0.1) is 5.41 Å². The molecule has 1 unspecified atom stereocenters. The molecule has 0 radical (unpaired) electrons. The zero-order valence-corrected chi connectivity index (χ0v) is 9.09. The van der Waals surface area contributed by atoms with Gasteiger partial charge >= 0.3 is 5.97 Å². The number of esters is 1. The predicted molar refractivity (Wildman–Crippen MR) is 53.3 cm³/mol. The van der Waals surface area contributed by atoms with E-state index in [2.05, 4.69) is 25.5 Å². The maximum atomic E-state index is 10.8. The average Bonchev–Trinajstić information content (AvgIpc) is 1.97. The normalized spacial score (nSPS) is 13.9. The Morgan fingerprint density at radius 2 is 2.00 bits per heavy atom. The summed E-state index contributed by atoms with van der Waals surface area (Å²) in [6, 6.07) is 0.0964. The SMILES string of the molecule is COC(=O)CCC(N)CC(C)(C)C. The molecule has 1 atom stereocenters. The Morgan fingerprint density at radius 3 is 2.38 bits per heavy atom. The largest absolute Gasteiger partial charge is 0.469 e. The first kappa shape index (κ1) is 12.4. The molecule has 78 valence electrons. The second-order valence-electron chi connectivity index (χ2n) is 4.64. The first-order chi connectivity index (χ1) is 5.85. The Labute approximate surface area is 80.6 Å². The van der Waals surface area contributed by atoms with E-state index < -0.39 is 0 Å². The van der Waals surface area contributed by atoms with E-state index in [9.17, 15) is 4.79 Å².